The normalized spacial score (nSPS) is 14.7. The third-order valence-electron chi connectivity index (χ3n) is 4.02. The summed E-state index contributed by atoms with van der Waals surface area (Å²) in [6.45, 7) is 2.07. The highest BCUT2D eigenvalue weighted by Crippen LogP contribution is 2.32. The van der Waals surface area contributed by atoms with Crippen LogP contribution in [0, 0.1) is 5.92 Å². The molecule has 2 aromatic rings. The zero-order valence-corrected chi connectivity index (χ0v) is 13.5. The van der Waals surface area contributed by atoms with E-state index < -0.39 is 6.10 Å². The highest BCUT2D eigenvalue weighted by Gasteiger charge is 2.27. The molecule has 0 saturated heterocycles. The van der Waals surface area contributed by atoms with Crippen molar-refractivity contribution in [2.75, 3.05) is 13.7 Å². The van der Waals surface area contributed by atoms with Gasteiger partial charge in [0.05, 0.1) is 19.8 Å². The summed E-state index contributed by atoms with van der Waals surface area (Å²) >= 11 is 0. The lowest BCUT2D eigenvalue weighted by atomic mass is 9.87. The number of esters is 1. The smallest absolute Gasteiger partial charge is 0.319 e. The van der Waals surface area contributed by atoms with Gasteiger partial charge in [-0.05, 0) is 11.1 Å². The molecule has 0 aliphatic rings. The Morgan fingerprint density at radius 3 is 2.09 bits per heavy atom. The van der Waals surface area contributed by atoms with E-state index in [2.05, 4.69) is 5.32 Å². The fourth-order valence-corrected chi connectivity index (χ4v) is 2.67. The molecular formula is C19H23NO3. The van der Waals surface area contributed by atoms with E-state index in [0.29, 0.717) is 0 Å². The predicted molar refractivity (Wildman–Crippen MR) is 89.8 cm³/mol. The molecule has 0 unspecified atom stereocenters. The van der Waals surface area contributed by atoms with E-state index in [9.17, 15) is 9.90 Å². The van der Waals surface area contributed by atoms with E-state index >= 15 is 0 Å². The molecule has 2 aromatic carbocycles. The number of hydrogen-bond donors (Lipinski definition) is 2. The first-order valence-electron chi connectivity index (χ1n) is 7.71. The van der Waals surface area contributed by atoms with Gasteiger partial charge in [0.1, 0.15) is 0 Å². The Labute approximate surface area is 137 Å². The number of ether oxygens (including phenoxy) is 1. The molecule has 2 N–H and O–H groups in total. The molecule has 0 aliphatic heterocycles. The highest BCUT2D eigenvalue weighted by molar-refractivity contribution is 5.71. The summed E-state index contributed by atoms with van der Waals surface area (Å²) in [5.74, 6) is -0.447. The van der Waals surface area contributed by atoms with E-state index in [4.69, 9.17) is 4.74 Å². The van der Waals surface area contributed by atoms with E-state index in [1.807, 2.05) is 67.6 Å². The predicted octanol–water partition coefficient (Wildman–Crippen LogP) is 2.86. The van der Waals surface area contributed by atoms with Crippen molar-refractivity contribution in [3.8, 4) is 0 Å². The second kappa shape index (κ2) is 8.46. The summed E-state index contributed by atoms with van der Waals surface area (Å²) in [5, 5.41) is 13.9. The van der Waals surface area contributed by atoms with Crippen molar-refractivity contribution in [1.82, 2.24) is 5.32 Å². The van der Waals surface area contributed by atoms with Crippen LogP contribution >= 0.6 is 0 Å². The van der Waals surface area contributed by atoms with Crippen molar-refractivity contribution in [3.05, 3.63) is 71.8 Å². The van der Waals surface area contributed by atoms with Crippen LogP contribution in [0.15, 0.2) is 60.7 Å². The summed E-state index contributed by atoms with van der Waals surface area (Å²) in [4.78, 5) is 11.5. The third kappa shape index (κ3) is 4.65. The zero-order valence-electron chi connectivity index (χ0n) is 13.5. The van der Waals surface area contributed by atoms with Gasteiger partial charge in [-0.3, -0.25) is 10.1 Å². The highest BCUT2D eigenvalue weighted by atomic mass is 16.5. The summed E-state index contributed by atoms with van der Waals surface area (Å²) in [7, 11) is 1.36. The molecule has 0 heterocycles. The maximum atomic E-state index is 11.5. The fourth-order valence-electron chi connectivity index (χ4n) is 2.67. The Balaban J connectivity index is 2.20. The fraction of sp³-hybridized carbons (Fsp3) is 0.316. The zero-order chi connectivity index (χ0) is 16.7. The number of carbonyl (C=O) groups is 1. The molecule has 0 amide bonds. The number of rotatable bonds is 7. The SMILES string of the molecule is COC(=O)CN[C@@H](c1ccccc1)[C@@H](C)[C@H](O)c1ccccc1. The molecule has 2 rings (SSSR count). The maximum Gasteiger partial charge on any atom is 0.319 e. The first-order chi connectivity index (χ1) is 11.1. The van der Waals surface area contributed by atoms with Crippen LogP contribution in [0.3, 0.4) is 0 Å². The number of aliphatic hydroxyl groups excluding tert-OH is 1. The topological polar surface area (TPSA) is 58.6 Å². The molecular weight excluding hydrogens is 290 g/mol. The molecule has 4 heteroatoms. The molecule has 0 radical (unpaired) electrons. The van der Waals surface area contributed by atoms with Crippen molar-refractivity contribution >= 4 is 5.97 Å². The van der Waals surface area contributed by atoms with Crippen LogP contribution in [0.5, 0.6) is 0 Å². The van der Waals surface area contributed by atoms with E-state index in [0.717, 1.165) is 11.1 Å². The van der Waals surface area contributed by atoms with Gasteiger partial charge in [-0.1, -0.05) is 67.6 Å². The summed E-state index contributed by atoms with van der Waals surface area (Å²) in [5.41, 5.74) is 1.89. The van der Waals surface area contributed by atoms with E-state index in [-0.39, 0.29) is 24.5 Å². The minimum Gasteiger partial charge on any atom is -0.468 e. The second-order valence-electron chi connectivity index (χ2n) is 5.56. The molecule has 3 atom stereocenters. The second-order valence-corrected chi connectivity index (χ2v) is 5.56. The number of methoxy groups -OCH3 is 1. The van der Waals surface area contributed by atoms with Crippen LogP contribution in [-0.4, -0.2) is 24.7 Å². The van der Waals surface area contributed by atoms with Crippen molar-refractivity contribution in [3.63, 3.8) is 0 Å². The molecule has 0 saturated carbocycles. The Hall–Kier alpha value is -2.17. The minimum atomic E-state index is -0.633. The van der Waals surface area contributed by atoms with Crippen LogP contribution in [0.2, 0.25) is 0 Å². The van der Waals surface area contributed by atoms with Gasteiger partial charge in [-0.2, -0.15) is 0 Å². The number of carbonyl (C=O) groups excluding carboxylic acids is 1. The molecule has 0 fully saturated rings. The maximum absolute atomic E-state index is 11.5. The lowest BCUT2D eigenvalue weighted by molar-refractivity contribution is -0.139. The van der Waals surface area contributed by atoms with E-state index in [1.165, 1.54) is 7.11 Å². The van der Waals surface area contributed by atoms with Crippen LogP contribution in [0.4, 0.5) is 0 Å². The van der Waals surface area contributed by atoms with Crippen LogP contribution < -0.4 is 5.32 Å². The quantitative estimate of drug-likeness (QED) is 0.772. The Kier molecular flexibility index (Phi) is 6.32. The third-order valence-corrected chi connectivity index (χ3v) is 4.02. The van der Waals surface area contributed by atoms with Gasteiger partial charge in [0.2, 0.25) is 0 Å². The van der Waals surface area contributed by atoms with E-state index in [1.54, 1.807) is 0 Å². The number of nitrogens with one attached hydrogen (secondary N) is 1. The van der Waals surface area contributed by atoms with Crippen molar-refractivity contribution in [2.45, 2.75) is 19.1 Å². The summed E-state index contributed by atoms with van der Waals surface area (Å²) in [6, 6.07) is 19.2. The van der Waals surface area contributed by atoms with Crippen molar-refractivity contribution < 1.29 is 14.6 Å². The largest absolute Gasteiger partial charge is 0.468 e. The van der Waals surface area contributed by atoms with Gasteiger partial charge in [-0.15, -0.1) is 0 Å². The Bertz CT molecular complexity index is 601. The molecule has 4 nitrogen and oxygen atoms in total. The molecule has 0 bridgehead atoms. The van der Waals surface area contributed by atoms with Crippen LogP contribution in [0.25, 0.3) is 0 Å². The average molecular weight is 313 g/mol. The van der Waals surface area contributed by atoms with Crippen LogP contribution in [0.1, 0.15) is 30.2 Å². The molecule has 0 aliphatic carbocycles. The standard InChI is InChI=1S/C19H23NO3/c1-14(19(22)16-11-7-4-8-12-16)18(20-13-17(21)23-2)15-9-5-3-6-10-15/h3-12,14,18-20,22H,13H2,1-2H3/t14-,18-,19+/m1/s1. The van der Waals surface area contributed by atoms with Gasteiger partial charge < -0.3 is 9.84 Å². The Morgan fingerprint density at radius 1 is 1.04 bits per heavy atom. The van der Waals surface area contributed by atoms with Crippen LogP contribution in [-0.2, 0) is 9.53 Å². The summed E-state index contributed by atoms with van der Waals surface area (Å²) < 4.78 is 4.70. The van der Waals surface area contributed by atoms with Gasteiger partial charge in [-0.25, -0.2) is 0 Å². The molecule has 0 spiro atoms. The molecule has 23 heavy (non-hydrogen) atoms. The molecule has 122 valence electrons. The lowest BCUT2D eigenvalue weighted by Crippen LogP contribution is -2.34. The number of hydrogen-bond acceptors (Lipinski definition) is 4. The number of aliphatic hydroxyl groups is 1. The minimum absolute atomic E-state index is 0.0991. The van der Waals surface area contributed by atoms with Crippen molar-refractivity contribution in [2.24, 2.45) is 5.92 Å². The number of benzene rings is 2. The monoisotopic (exact) mass is 313 g/mol. The van der Waals surface area contributed by atoms with Gasteiger partial charge >= 0.3 is 5.97 Å². The Morgan fingerprint density at radius 2 is 1.57 bits per heavy atom. The lowest BCUT2D eigenvalue weighted by Gasteiger charge is -2.29. The molecule has 0 aromatic heterocycles. The first kappa shape index (κ1) is 17.2. The van der Waals surface area contributed by atoms with Gasteiger partial charge in [0.25, 0.3) is 0 Å². The van der Waals surface area contributed by atoms with Gasteiger partial charge in [0.15, 0.2) is 0 Å². The summed E-state index contributed by atoms with van der Waals surface area (Å²) in [6.07, 6.45) is -0.633. The first-order valence-corrected chi connectivity index (χ1v) is 7.71. The van der Waals surface area contributed by atoms with Gasteiger partial charge in [0, 0.05) is 12.0 Å². The van der Waals surface area contributed by atoms with Crippen molar-refractivity contribution in [1.29, 1.82) is 0 Å². The average Bonchev–Trinajstić information content (AvgIpc) is 2.62.